The number of amides is 1. The fraction of sp³-hybridized carbons (Fsp3) is 0.375. The molecule has 2 atom stereocenters. The maximum atomic E-state index is 12.5. The van der Waals surface area contributed by atoms with Gasteiger partial charge in [0.1, 0.15) is 10.6 Å². The van der Waals surface area contributed by atoms with Gasteiger partial charge in [-0.25, -0.2) is 5.06 Å². The summed E-state index contributed by atoms with van der Waals surface area (Å²) in [7, 11) is 0. The molecule has 1 aliphatic rings. The standard InChI is InChI=1S/C16H19N3O2S/c1-2-3-10-19(21)15(20)14-13-7-5-9-18(13)16(22-14)12-6-4-8-17-11-12/h4-9,11,14,16,21H,2-3,10H2,1H3. The van der Waals surface area contributed by atoms with Crippen LogP contribution in [0.1, 0.15) is 41.6 Å². The molecule has 3 heterocycles. The van der Waals surface area contributed by atoms with Gasteiger partial charge in [-0.15, -0.1) is 11.8 Å². The third-order valence-electron chi connectivity index (χ3n) is 3.77. The summed E-state index contributed by atoms with van der Waals surface area (Å²) < 4.78 is 2.08. The zero-order chi connectivity index (χ0) is 15.5. The van der Waals surface area contributed by atoms with Crippen LogP contribution in [0.5, 0.6) is 0 Å². The van der Waals surface area contributed by atoms with Crippen LogP contribution < -0.4 is 0 Å². The molecule has 0 bridgehead atoms. The number of carbonyl (C=O) groups is 1. The Labute approximate surface area is 133 Å². The Kier molecular flexibility index (Phi) is 4.49. The number of hydrogen-bond donors (Lipinski definition) is 1. The Hall–Kier alpha value is -1.79. The van der Waals surface area contributed by atoms with Crippen LogP contribution in [-0.2, 0) is 4.79 Å². The van der Waals surface area contributed by atoms with Crippen LogP contribution in [0.2, 0.25) is 0 Å². The SMILES string of the molecule is CCCCN(O)C(=O)C1SC(c2cccnc2)n2cccc21. The third-order valence-corrected chi connectivity index (χ3v) is 5.24. The van der Waals surface area contributed by atoms with E-state index in [9.17, 15) is 10.0 Å². The molecular weight excluding hydrogens is 298 g/mol. The second kappa shape index (κ2) is 6.54. The van der Waals surface area contributed by atoms with E-state index >= 15 is 0 Å². The quantitative estimate of drug-likeness (QED) is 0.679. The van der Waals surface area contributed by atoms with Crippen molar-refractivity contribution in [2.24, 2.45) is 0 Å². The Morgan fingerprint density at radius 3 is 3.05 bits per heavy atom. The molecule has 6 heteroatoms. The highest BCUT2D eigenvalue weighted by Crippen LogP contribution is 2.49. The van der Waals surface area contributed by atoms with Crippen molar-refractivity contribution in [3.05, 3.63) is 54.1 Å². The Morgan fingerprint density at radius 1 is 1.45 bits per heavy atom. The largest absolute Gasteiger partial charge is 0.333 e. The molecule has 2 unspecified atom stereocenters. The summed E-state index contributed by atoms with van der Waals surface area (Å²) in [5.74, 6) is -0.246. The Balaban J connectivity index is 1.83. The fourth-order valence-electron chi connectivity index (χ4n) is 2.61. The number of hydroxylamine groups is 2. The van der Waals surface area contributed by atoms with Gasteiger partial charge < -0.3 is 4.57 Å². The van der Waals surface area contributed by atoms with Gasteiger partial charge in [0.15, 0.2) is 0 Å². The number of fused-ring (bicyclic) bond motifs is 1. The molecule has 1 N–H and O–H groups in total. The minimum Gasteiger partial charge on any atom is -0.333 e. The van der Waals surface area contributed by atoms with Gasteiger partial charge in [0.05, 0.1) is 0 Å². The van der Waals surface area contributed by atoms with Gasteiger partial charge in [-0.1, -0.05) is 19.4 Å². The minimum absolute atomic E-state index is 0.0206. The zero-order valence-corrected chi connectivity index (χ0v) is 13.2. The first kappa shape index (κ1) is 15.1. The minimum atomic E-state index is -0.373. The second-order valence-electron chi connectivity index (χ2n) is 5.31. The van der Waals surface area contributed by atoms with Gasteiger partial charge in [0.2, 0.25) is 0 Å². The number of hydrogen-bond acceptors (Lipinski definition) is 4. The summed E-state index contributed by atoms with van der Waals surface area (Å²) in [6.07, 6.45) is 7.27. The van der Waals surface area contributed by atoms with Crippen LogP contribution in [0.15, 0.2) is 42.9 Å². The third kappa shape index (κ3) is 2.76. The lowest BCUT2D eigenvalue weighted by atomic mass is 10.2. The van der Waals surface area contributed by atoms with E-state index in [1.165, 1.54) is 0 Å². The van der Waals surface area contributed by atoms with Crippen LogP contribution in [0.25, 0.3) is 0 Å². The van der Waals surface area contributed by atoms with Crippen molar-refractivity contribution in [3.8, 4) is 0 Å². The molecule has 1 amide bonds. The Bertz CT molecular complexity index is 644. The maximum Gasteiger partial charge on any atom is 0.265 e. The fourth-order valence-corrected chi connectivity index (χ4v) is 4.06. The number of pyridine rings is 1. The summed E-state index contributed by atoms with van der Waals surface area (Å²) in [4.78, 5) is 16.7. The lowest BCUT2D eigenvalue weighted by Gasteiger charge is -2.18. The van der Waals surface area contributed by atoms with Gasteiger partial charge in [0, 0.05) is 36.4 Å². The predicted molar refractivity (Wildman–Crippen MR) is 85.5 cm³/mol. The highest BCUT2D eigenvalue weighted by atomic mass is 32.2. The summed E-state index contributed by atoms with van der Waals surface area (Å²) >= 11 is 1.54. The molecule has 2 aromatic rings. The zero-order valence-electron chi connectivity index (χ0n) is 12.4. The van der Waals surface area contributed by atoms with Crippen LogP contribution in [0.4, 0.5) is 0 Å². The van der Waals surface area contributed by atoms with Gasteiger partial charge in [-0.2, -0.15) is 0 Å². The molecule has 0 aliphatic carbocycles. The van der Waals surface area contributed by atoms with E-state index in [0.29, 0.717) is 6.54 Å². The van der Waals surface area contributed by atoms with Crippen LogP contribution in [0, 0.1) is 0 Å². The molecule has 5 nitrogen and oxygen atoms in total. The summed E-state index contributed by atoms with van der Waals surface area (Å²) in [6, 6.07) is 7.79. The average molecular weight is 317 g/mol. The lowest BCUT2D eigenvalue weighted by molar-refractivity contribution is -0.165. The number of aromatic nitrogens is 2. The van der Waals surface area contributed by atoms with Gasteiger partial charge in [-0.3, -0.25) is 15.0 Å². The van der Waals surface area contributed by atoms with Crippen LogP contribution in [-0.4, -0.2) is 32.3 Å². The van der Waals surface area contributed by atoms with E-state index < -0.39 is 0 Å². The monoisotopic (exact) mass is 317 g/mol. The van der Waals surface area contributed by atoms with Crippen molar-refractivity contribution in [3.63, 3.8) is 0 Å². The Morgan fingerprint density at radius 2 is 2.32 bits per heavy atom. The first-order valence-electron chi connectivity index (χ1n) is 7.44. The van der Waals surface area contributed by atoms with E-state index in [1.807, 2.05) is 43.6 Å². The lowest BCUT2D eigenvalue weighted by Crippen LogP contribution is -2.31. The first-order valence-corrected chi connectivity index (χ1v) is 8.39. The van der Waals surface area contributed by atoms with Crippen molar-refractivity contribution in [2.75, 3.05) is 6.54 Å². The number of rotatable bonds is 5. The van der Waals surface area contributed by atoms with E-state index in [1.54, 1.807) is 18.0 Å². The van der Waals surface area contributed by atoms with E-state index in [2.05, 4.69) is 9.55 Å². The molecule has 0 spiro atoms. The number of unbranched alkanes of at least 4 members (excludes halogenated alkanes) is 1. The highest BCUT2D eigenvalue weighted by molar-refractivity contribution is 8.00. The maximum absolute atomic E-state index is 12.5. The predicted octanol–water partition coefficient (Wildman–Crippen LogP) is 3.24. The molecule has 0 fully saturated rings. The van der Waals surface area contributed by atoms with Crippen molar-refractivity contribution in [2.45, 2.75) is 30.4 Å². The molecule has 116 valence electrons. The molecule has 0 saturated carbocycles. The molecule has 2 aromatic heterocycles. The van der Waals surface area contributed by atoms with Gasteiger partial charge in [0.25, 0.3) is 5.91 Å². The first-order chi connectivity index (χ1) is 10.7. The van der Waals surface area contributed by atoms with Crippen LogP contribution in [0.3, 0.4) is 0 Å². The average Bonchev–Trinajstić information content (AvgIpc) is 3.15. The van der Waals surface area contributed by atoms with Crippen molar-refractivity contribution < 1.29 is 10.0 Å². The molecule has 1 aliphatic heterocycles. The molecule has 0 aromatic carbocycles. The highest BCUT2D eigenvalue weighted by Gasteiger charge is 2.38. The molecule has 0 saturated heterocycles. The smallest absolute Gasteiger partial charge is 0.265 e. The summed E-state index contributed by atoms with van der Waals surface area (Å²) in [5.41, 5.74) is 1.98. The summed E-state index contributed by atoms with van der Waals surface area (Å²) in [5, 5.41) is 10.5. The number of nitrogens with zero attached hydrogens (tertiary/aromatic N) is 3. The van der Waals surface area contributed by atoms with E-state index in [0.717, 1.165) is 29.2 Å². The van der Waals surface area contributed by atoms with Crippen molar-refractivity contribution in [1.29, 1.82) is 0 Å². The number of thioether (sulfide) groups is 1. The molecular formula is C16H19N3O2S. The normalized spacial score (nSPS) is 19.9. The van der Waals surface area contributed by atoms with Crippen molar-refractivity contribution >= 4 is 17.7 Å². The molecule has 0 radical (unpaired) electrons. The van der Waals surface area contributed by atoms with E-state index in [-0.39, 0.29) is 16.5 Å². The van der Waals surface area contributed by atoms with Gasteiger partial charge in [-0.05, 0) is 24.6 Å². The van der Waals surface area contributed by atoms with Crippen LogP contribution >= 0.6 is 11.8 Å². The van der Waals surface area contributed by atoms with Gasteiger partial charge >= 0.3 is 0 Å². The summed E-state index contributed by atoms with van der Waals surface area (Å²) in [6.45, 7) is 2.41. The molecule has 3 rings (SSSR count). The van der Waals surface area contributed by atoms with Crippen molar-refractivity contribution in [1.82, 2.24) is 14.6 Å². The second-order valence-corrected chi connectivity index (χ2v) is 6.50. The number of carbonyl (C=O) groups excluding carboxylic acids is 1. The van der Waals surface area contributed by atoms with E-state index in [4.69, 9.17) is 0 Å². The topological polar surface area (TPSA) is 58.4 Å². The molecule has 22 heavy (non-hydrogen) atoms.